The maximum atomic E-state index is 9.29. The molecule has 1 unspecified atom stereocenters. The summed E-state index contributed by atoms with van der Waals surface area (Å²) in [5.74, 6) is 0. The van der Waals surface area contributed by atoms with E-state index >= 15 is 0 Å². The highest BCUT2D eigenvalue weighted by Gasteiger charge is 1.97. The Morgan fingerprint density at radius 3 is 2.29 bits per heavy atom. The van der Waals surface area contributed by atoms with Gasteiger partial charge in [-0.15, -0.1) is 10.1 Å². The van der Waals surface area contributed by atoms with E-state index in [1.165, 1.54) is 0 Å². The van der Waals surface area contributed by atoms with Crippen LogP contribution in [0.15, 0.2) is 0 Å². The SMILES string of the molecule is O=[N+]([O-])O[P](=O)O. The number of hydrogen-bond donors (Lipinski definition) is 1. The zero-order valence-corrected chi connectivity index (χ0v) is 3.87. The van der Waals surface area contributed by atoms with Crippen molar-refractivity contribution in [3.8, 4) is 0 Å². The van der Waals surface area contributed by atoms with E-state index in [4.69, 9.17) is 15.0 Å². The second kappa shape index (κ2) is 2.44. The van der Waals surface area contributed by atoms with Gasteiger partial charge in [0.1, 0.15) is 0 Å². The van der Waals surface area contributed by atoms with Gasteiger partial charge in [-0.05, 0) is 0 Å². The maximum Gasteiger partial charge on any atom is 0.402 e. The van der Waals surface area contributed by atoms with Gasteiger partial charge in [0.05, 0.1) is 0 Å². The van der Waals surface area contributed by atoms with Crippen molar-refractivity contribution in [2.45, 2.75) is 0 Å². The molecular formula is HNO5P. The van der Waals surface area contributed by atoms with Crippen LogP contribution < -0.4 is 0 Å². The first kappa shape index (κ1) is 6.26. The molecule has 0 fully saturated rings. The van der Waals surface area contributed by atoms with Crippen LogP contribution in [0.1, 0.15) is 0 Å². The molecule has 0 spiro atoms. The lowest BCUT2D eigenvalue weighted by atomic mass is 13.1. The molecule has 0 aromatic heterocycles. The van der Waals surface area contributed by atoms with Gasteiger partial charge < -0.3 is 0 Å². The maximum absolute atomic E-state index is 9.29. The summed E-state index contributed by atoms with van der Waals surface area (Å²) in [6.07, 6.45) is 0. The lowest BCUT2D eigenvalue weighted by Crippen LogP contribution is -1.89. The molecule has 0 aliphatic heterocycles. The average Bonchev–Trinajstić information content (AvgIpc) is 1.27. The van der Waals surface area contributed by atoms with E-state index in [9.17, 15) is 4.57 Å². The molecule has 0 rings (SSSR count). The fraction of sp³-hybridized carbons (Fsp3) is 0. The van der Waals surface area contributed by atoms with Gasteiger partial charge in [0.25, 0.3) is 0 Å². The topological polar surface area (TPSA) is 89.7 Å². The van der Waals surface area contributed by atoms with Crippen LogP contribution in [0.3, 0.4) is 0 Å². The molecule has 0 saturated heterocycles. The molecule has 1 atom stereocenters. The van der Waals surface area contributed by atoms with Crippen LogP contribution in [-0.4, -0.2) is 9.98 Å². The summed E-state index contributed by atoms with van der Waals surface area (Å²) in [6.45, 7) is 0. The molecule has 0 aromatic carbocycles. The van der Waals surface area contributed by atoms with Crippen molar-refractivity contribution in [1.29, 1.82) is 0 Å². The van der Waals surface area contributed by atoms with Gasteiger partial charge in [0, 0.05) is 0 Å². The molecule has 0 saturated carbocycles. The van der Waals surface area contributed by atoms with Crippen molar-refractivity contribution in [2.75, 3.05) is 0 Å². The zero-order chi connectivity index (χ0) is 5.86. The number of hydrogen-bond acceptors (Lipinski definition) is 4. The minimum atomic E-state index is -3.09. The molecule has 7 heavy (non-hydrogen) atoms. The second-order valence-corrected chi connectivity index (χ2v) is 1.18. The largest absolute Gasteiger partial charge is 0.402 e. The first-order valence-electron chi connectivity index (χ1n) is 1.11. The van der Waals surface area contributed by atoms with Crippen LogP contribution in [0.4, 0.5) is 0 Å². The van der Waals surface area contributed by atoms with E-state index in [1.54, 1.807) is 0 Å². The molecule has 0 aromatic rings. The van der Waals surface area contributed by atoms with Crippen LogP contribution in [-0.2, 0) is 9.19 Å². The molecule has 0 aliphatic carbocycles. The summed E-state index contributed by atoms with van der Waals surface area (Å²) in [7, 11) is -3.09. The monoisotopic (exact) mass is 126 g/mol. The fourth-order valence-corrected chi connectivity index (χ4v) is 0.171. The third kappa shape index (κ3) is 5.26. The predicted octanol–water partition coefficient (Wildman–Crippen LogP) is -0.156. The van der Waals surface area contributed by atoms with E-state index in [-0.39, 0.29) is 0 Å². The molecule has 0 aliphatic rings. The third-order valence-corrected chi connectivity index (χ3v) is 0.410. The standard InChI is InChI=1S/HNO5P/c2-1(3)6-7(4)5/h(H,4,5). The van der Waals surface area contributed by atoms with Crippen molar-refractivity contribution in [2.24, 2.45) is 0 Å². The van der Waals surface area contributed by atoms with Crippen molar-refractivity contribution < 1.29 is 19.2 Å². The Bertz CT molecular complexity index is 84.3. The highest BCUT2D eigenvalue weighted by atomic mass is 31.1. The Kier molecular flexibility index (Phi) is 2.18. The summed E-state index contributed by atoms with van der Waals surface area (Å²) < 4.78 is 12.3. The number of nitrogens with zero attached hydrogens (tertiary/aromatic N) is 1. The summed E-state index contributed by atoms with van der Waals surface area (Å²) in [5, 5.41) is 7.71. The molecule has 41 valence electrons. The fourth-order valence-electron chi connectivity index (χ4n) is 0.0570. The summed E-state index contributed by atoms with van der Waals surface area (Å²) >= 11 is 0. The van der Waals surface area contributed by atoms with E-state index in [0.717, 1.165) is 0 Å². The Morgan fingerprint density at radius 1 is 1.86 bits per heavy atom. The lowest BCUT2D eigenvalue weighted by molar-refractivity contribution is -0.713. The Hall–Kier alpha value is -0.740. The normalized spacial score (nSPS) is 10.1. The molecule has 1 N–H and O–H groups in total. The van der Waals surface area contributed by atoms with Crippen LogP contribution in [0, 0.1) is 10.1 Å². The Labute approximate surface area is 38.8 Å². The summed E-state index contributed by atoms with van der Waals surface area (Å²) in [4.78, 5) is 16.6. The van der Waals surface area contributed by atoms with Crippen molar-refractivity contribution in [3.63, 3.8) is 0 Å². The van der Waals surface area contributed by atoms with E-state index in [2.05, 4.69) is 4.62 Å². The van der Waals surface area contributed by atoms with Gasteiger partial charge >= 0.3 is 13.3 Å². The number of rotatable bonds is 2. The lowest BCUT2D eigenvalue weighted by Gasteiger charge is -1.81. The van der Waals surface area contributed by atoms with Gasteiger partial charge in [-0.2, -0.15) is 4.62 Å². The summed E-state index contributed by atoms with van der Waals surface area (Å²) in [5.41, 5.74) is 0. The first-order valence-corrected chi connectivity index (χ1v) is 2.24. The van der Waals surface area contributed by atoms with Crippen LogP contribution in [0.2, 0.25) is 0 Å². The molecule has 0 bridgehead atoms. The van der Waals surface area contributed by atoms with Gasteiger partial charge in [-0.25, -0.2) is 4.57 Å². The van der Waals surface area contributed by atoms with Crippen LogP contribution in [0.25, 0.3) is 0 Å². The Balaban J connectivity index is 3.32. The quantitative estimate of drug-likeness (QED) is 0.315. The molecule has 7 heteroatoms. The van der Waals surface area contributed by atoms with Gasteiger partial charge in [-0.3, -0.25) is 4.89 Å². The van der Waals surface area contributed by atoms with Gasteiger partial charge in [0.2, 0.25) is 0 Å². The molecule has 0 heterocycles. The van der Waals surface area contributed by atoms with E-state index < -0.39 is 13.3 Å². The van der Waals surface area contributed by atoms with Crippen molar-refractivity contribution in [1.82, 2.24) is 0 Å². The van der Waals surface area contributed by atoms with E-state index in [0.29, 0.717) is 0 Å². The van der Waals surface area contributed by atoms with E-state index in [1.807, 2.05) is 0 Å². The third-order valence-electron chi connectivity index (χ3n) is 0.137. The van der Waals surface area contributed by atoms with Crippen LogP contribution in [0.5, 0.6) is 0 Å². The predicted molar refractivity (Wildman–Crippen MR) is 17.9 cm³/mol. The minimum Gasteiger partial charge on any atom is -0.300 e. The molecule has 1 radical (unpaired) electrons. The molecular weight excluding hydrogens is 125 g/mol. The van der Waals surface area contributed by atoms with Crippen molar-refractivity contribution in [3.05, 3.63) is 10.1 Å². The zero-order valence-electron chi connectivity index (χ0n) is 2.97. The van der Waals surface area contributed by atoms with Crippen molar-refractivity contribution >= 4 is 8.25 Å². The van der Waals surface area contributed by atoms with Crippen LogP contribution >= 0.6 is 8.25 Å². The highest BCUT2D eigenvalue weighted by Crippen LogP contribution is 2.12. The molecule has 0 amide bonds. The van der Waals surface area contributed by atoms with Gasteiger partial charge in [0.15, 0.2) is 0 Å². The highest BCUT2D eigenvalue weighted by molar-refractivity contribution is 7.31. The summed E-state index contributed by atoms with van der Waals surface area (Å²) in [6, 6.07) is 0. The second-order valence-electron chi connectivity index (χ2n) is 0.543. The smallest absolute Gasteiger partial charge is 0.300 e. The van der Waals surface area contributed by atoms with Gasteiger partial charge in [-0.1, -0.05) is 0 Å². The molecule has 6 nitrogen and oxygen atoms in total. The minimum absolute atomic E-state index is 1.33. The average molecular weight is 126 g/mol. The Morgan fingerprint density at radius 2 is 2.29 bits per heavy atom. The first-order chi connectivity index (χ1) is 3.13.